The highest BCUT2D eigenvalue weighted by atomic mass is 19.3. The summed E-state index contributed by atoms with van der Waals surface area (Å²) < 4.78 is 31.2. The molecule has 2 nitrogen and oxygen atoms in total. The number of aryl methyl sites for hydroxylation is 1. The summed E-state index contributed by atoms with van der Waals surface area (Å²) in [5.41, 5.74) is 1.73. The molecule has 92 valence electrons. The van der Waals surface area contributed by atoms with E-state index in [1.54, 1.807) is 13.0 Å². The lowest BCUT2D eigenvalue weighted by Gasteiger charge is -2.13. The molecule has 0 spiro atoms. The fraction of sp³-hybridized carbons (Fsp3) is 0.385. The van der Waals surface area contributed by atoms with E-state index < -0.39 is 12.5 Å². The van der Waals surface area contributed by atoms with Crippen LogP contribution in [0.3, 0.4) is 0 Å². The Morgan fingerprint density at radius 2 is 2.06 bits per heavy atom. The smallest absolute Gasteiger partial charge is 0.260 e. The molecule has 1 aromatic carbocycles. The van der Waals surface area contributed by atoms with Crippen LogP contribution in [0.2, 0.25) is 0 Å². The maximum atomic E-state index is 12.9. The molecule has 2 rings (SSSR count). The van der Waals surface area contributed by atoms with Gasteiger partial charge in [-0.2, -0.15) is 0 Å². The highest BCUT2D eigenvalue weighted by Crippen LogP contribution is 2.28. The summed E-state index contributed by atoms with van der Waals surface area (Å²) in [5.74, 6) is 0.294. The second-order valence-electron chi connectivity index (χ2n) is 4.06. The molecule has 1 atom stereocenters. The number of fused-ring (bicyclic) bond motifs is 1. The van der Waals surface area contributed by atoms with Gasteiger partial charge in [0.1, 0.15) is 17.4 Å². The lowest BCUT2D eigenvalue weighted by Crippen LogP contribution is -2.26. The molecule has 1 heterocycles. The van der Waals surface area contributed by atoms with E-state index in [9.17, 15) is 8.78 Å². The first kappa shape index (κ1) is 12.0. The van der Waals surface area contributed by atoms with Gasteiger partial charge in [0.15, 0.2) is 0 Å². The zero-order chi connectivity index (χ0) is 12.4. The van der Waals surface area contributed by atoms with Crippen molar-refractivity contribution >= 4 is 11.0 Å². The molecule has 1 aromatic heterocycles. The van der Waals surface area contributed by atoms with Gasteiger partial charge in [-0.05, 0) is 31.7 Å². The van der Waals surface area contributed by atoms with Gasteiger partial charge in [-0.15, -0.1) is 0 Å². The van der Waals surface area contributed by atoms with E-state index in [4.69, 9.17) is 4.42 Å². The number of nitrogens with one attached hydrogen (secondary N) is 1. The standard InChI is InChI=1S/C13H15F2NO/c1-3-16-12(13(14)15)11-7-9-6-8(2)4-5-10(9)17-11/h4-7,12-13,16H,3H2,1-2H3. The second-order valence-corrected chi connectivity index (χ2v) is 4.06. The minimum absolute atomic E-state index is 0.294. The third-order valence-corrected chi connectivity index (χ3v) is 2.67. The van der Waals surface area contributed by atoms with Crippen LogP contribution in [0.5, 0.6) is 0 Å². The van der Waals surface area contributed by atoms with Crippen LogP contribution in [0.1, 0.15) is 24.3 Å². The van der Waals surface area contributed by atoms with Crippen LogP contribution in [0, 0.1) is 6.92 Å². The summed E-state index contributed by atoms with van der Waals surface area (Å²) in [4.78, 5) is 0. The van der Waals surface area contributed by atoms with E-state index in [1.807, 2.05) is 25.1 Å². The fourth-order valence-corrected chi connectivity index (χ4v) is 1.87. The highest BCUT2D eigenvalue weighted by molar-refractivity contribution is 5.78. The molecular formula is C13H15F2NO. The molecular weight excluding hydrogens is 224 g/mol. The summed E-state index contributed by atoms with van der Waals surface area (Å²) in [7, 11) is 0. The molecule has 0 amide bonds. The summed E-state index contributed by atoms with van der Waals surface area (Å²) in [6.45, 7) is 4.23. The first-order chi connectivity index (χ1) is 8.11. The molecule has 0 aliphatic carbocycles. The number of hydrogen-bond donors (Lipinski definition) is 1. The van der Waals surface area contributed by atoms with Gasteiger partial charge in [-0.1, -0.05) is 18.6 Å². The first-order valence-electron chi connectivity index (χ1n) is 5.63. The van der Waals surface area contributed by atoms with Crippen LogP contribution in [-0.4, -0.2) is 13.0 Å². The maximum absolute atomic E-state index is 12.9. The van der Waals surface area contributed by atoms with Crippen molar-refractivity contribution in [2.24, 2.45) is 0 Å². The molecule has 0 bridgehead atoms. The molecule has 1 unspecified atom stereocenters. The Labute approximate surface area is 98.6 Å². The van der Waals surface area contributed by atoms with E-state index >= 15 is 0 Å². The zero-order valence-corrected chi connectivity index (χ0v) is 9.84. The van der Waals surface area contributed by atoms with E-state index in [1.165, 1.54) is 0 Å². The maximum Gasteiger partial charge on any atom is 0.260 e. The van der Waals surface area contributed by atoms with Crippen molar-refractivity contribution in [1.29, 1.82) is 0 Å². The summed E-state index contributed by atoms with van der Waals surface area (Å²) in [5, 5.41) is 3.59. The summed E-state index contributed by atoms with van der Waals surface area (Å²) >= 11 is 0. The number of furan rings is 1. The SMILES string of the molecule is CCNC(c1cc2cc(C)ccc2o1)C(F)F. The van der Waals surface area contributed by atoms with Crippen LogP contribution in [-0.2, 0) is 0 Å². The Bertz CT molecular complexity index is 507. The van der Waals surface area contributed by atoms with Crippen molar-refractivity contribution in [3.63, 3.8) is 0 Å². The lowest BCUT2D eigenvalue weighted by atomic mass is 10.1. The van der Waals surface area contributed by atoms with Crippen LogP contribution in [0.15, 0.2) is 28.7 Å². The van der Waals surface area contributed by atoms with Crippen molar-refractivity contribution < 1.29 is 13.2 Å². The first-order valence-corrected chi connectivity index (χ1v) is 5.63. The van der Waals surface area contributed by atoms with Crippen molar-refractivity contribution in [1.82, 2.24) is 5.32 Å². The van der Waals surface area contributed by atoms with Crippen molar-refractivity contribution in [3.8, 4) is 0 Å². The summed E-state index contributed by atoms with van der Waals surface area (Å²) in [6, 6.07) is 6.29. The molecule has 17 heavy (non-hydrogen) atoms. The van der Waals surface area contributed by atoms with Crippen molar-refractivity contribution in [2.75, 3.05) is 6.54 Å². The molecule has 0 saturated heterocycles. The van der Waals surface area contributed by atoms with Crippen molar-refractivity contribution in [3.05, 3.63) is 35.6 Å². The van der Waals surface area contributed by atoms with Gasteiger partial charge in [0.05, 0.1) is 0 Å². The number of rotatable bonds is 4. The number of hydrogen-bond acceptors (Lipinski definition) is 2. The molecule has 0 radical (unpaired) electrons. The molecule has 0 aliphatic heterocycles. The zero-order valence-electron chi connectivity index (χ0n) is 9.84. The largest absolute Gasteiger partial charge is 0.459 e. The number of alkyl halides is 2. The van der Waals surface area contributed by atoms with E-state index in [-0.39, 0.29) is 0 Å². The Morgan fingerprint density at radius 1 is 1.29 bits per heavy atom. The van der Waals surface area contributed by atoms with Crippen LogP contribution in [0.25, 0.3) is 11.0 Å². The number of halogens is 2. The van der Waals surface area contributed by atoms with Gasteiger partial charge < -0.3 is 9.73 Å². The molecule has 0 aliphatic rings. The molecule has 4 heteroatoms. The van der Waals surface area contributed by atoms with E-state index in [0.29, 0.717) is 17.9 Å². The normalized spacial score (nSPS) is 13.5. The fourth-order valence-electron chi connectivity index (χ4n) is 1.87. The number of benzene rings is 1. The van der Waals surface area contributed by atoms with Crippen LogP contribution >= 0.6 is 0 Å². The summed E-state index contributed by atoms with van der Waals surface area (Å²) in [6.07, 6.45) is -2.48. The van der Waals surface area contributed by atoms with Gasteiger partial charge >= 0.3 is 0 Å². The quantitative estimate of drug-likeness (QED) is 0.880. The Balaban J connectivity index is 2.40. The third-order valence-electron chi connectivity index (χ3n) is 2.67. The Morgan fingerprint density at radius 3 is 2.71 bits per heavy atom. The van der Waals surface area contributed by atoms with Gasteiger partial charge in [0.25, 0.3) is 6.43 Å². The Kier molecular flexibility index (Phi) is 3.43. The molecule has 0 fully saturated rings. The highest BCUT2D eigenvalue weighted by Gasteiger charge is 2.24. The van der Waals surface area contributed by atoms with Crippen LogP contribution < -0.4 is 5.32 Å². The van der Waals surface area contributed by atoms with Gasteiger partial charge in [0.2, 0.25) is 0 Å². The van der Waals surface area contributed by atoms with E-state index in [2.05, 4.69) is 5.32 Å². The average molecular weight is 239 g/mol. The predicted molar refractivity (Wildman–Crippen MR) is 63.4 cm³/mol. The lowest BCUT2D eigenvalue weighted by molar-refractivity contribution is 0.0897. The van der Waals surface area contributed by atoms with E-state index in [0.717, 1.165) is 10.9 Å². The monoisotopic (exact) mass is 239 g/mol. The van der Waals surface area contributed by atoms with Gasteiger partial charge in [-0.25, -0.2) is 8.78 Å². The van der Waals surface area contributed by atoms with Gasteiger partial charge in [0, 0.05) is 5.39 Å². The average Bonchev–Trinajstić information content (AvgIpc) is 2.67. The Hall–Kier alpha value is -1.42. The second kappa shape index (κ2) is 4.84. The molecule has 2 aromatic rings. The molecule has 1 N–H and O–H groups in total. The predicted octanol–water partition coefficient (Wildman–Crippen LogP) is 3.66. The third kappa shape index (κ3) is 2.47. The topological polar surface area (TPSA) is 25.2 Å². The molecule has 0 saturated carbocycles. The minimum atomic E-state index is -2.48. The van der Waals surface area contributed by atoms with Gasteiger partial charge in [-0.3, -0.25) is 0 Å². The van der Waals surface area contributed by atoms with Crippen molar-refractivity contribution in [2.45, 2.75) is 26.3 Å². The van der Waals surface area contributed by atoms with Crippen LogP contribution in [0.4, 0.5) is 8.78 Å². The minimum Gasteiger partial charge on any atom is -0.459 e.